The lowest BCUT2D eigenvalue weighted by atomic mass is 10.1. The van der Waals surface area contributed by atoms with E-state index in [2.05, 4.69) is 15.2 Å². The summed E-state index contributed by atoms with van der Waals surface area (Å²) in [5.74, 6) is -0.0289. The Morgan fingerprint density at radius 3 is 2.61 bits per heavy atom. The van der Waals surface area contributed by atoms with Gasteiger partial charge in [-0.3, -0.25) is 5.10 Å². The van der Waals surface area contributed by atoms with Gasteiger partial charge in [0.25, 0.3) is 0 Å². The molecule has 2 rings (SSSR count). The molecule has 1 heterocycles. The standard InChI is InChI=1S/C16H19N3O4/c1-10-17-14(19-18-10)11-6-5-7-12(8-11)15(21)22-9-13(20)23-16(2,3)4/h5-8H,9H2,1-4H3,(H,17,18,19). The summed E-state index contributed by atoms with van der Waals surface area (Å²) in [6.07, 6.45) is 0. The van der Waals surface area contributed by atoms with Gasteiger partial charge < -0.3 is 9.47 Å². The van der Waals surface area contributed by atoms with E-state index in [0.29, 0.717) is 22.8 Å². The first kappa shape index (κ1) is 16.7. The summed E-state index contributed by atoms with van der Waals surface area (Å²) >= 11 is 0. The first-order valence-electron chi connectivity index (χ1n) is 7.13. The highest BCUT2D eigenvalue weighted by Crippen LogP contribution is 2.17. The monoisotopic (exact) mass is 317 g/mol. The van der Waals surface area contributed by atoms with E-state index in [1.807, 2.05) is 0 Å². The van der Waals surface area contributed by atoms with Crippen LogP contribution in [0.25, 0.3) is 11.4 Å². The van der Waals surface area contributed by atoms with E-state index in [4.69, 9.17) is 9.47 Å². The van der Waals surface area contributed by atoms with Crippen LogP contribution in [0.5, 0.6) is 0 Å². The highest BCUT2D eigenvalue weighted by Gasteiger charge is 2.18. The molecule has 0 unspecified atom stereocenters. The summed E-state index contributed by atoms with van der Waals surface area (Å²) in [7, 11) is 0. The molecule has 2 aromatic rings. The Morgan fingerprint density at radius 2 is 2.00 bits per heavy atom. The number of aromatic amines is 1. The lowest BCUT2D eigenvalue weighted by molar-refractivity contribution is -0.158. The number of rotatable bonds is 4. The summed E-state index contributed by atoms with van der Waals surface area (Å²) in [6, 6.07) is 6.69. The molecule has 7 nitrogen and oxygen atoms in total. The van der Waals surface area contributed by atoms with E-state index in [0.717, 1.165) is 0 Å². The van der Waals surface area contributed by atoms with Crippen molar-refractivity contribution in [1.29, 1.82) is 0 Å². The molecule has 0 aliphatic rings. The van der Waals surface area contributed by atoms with Gasteiger partial charge in [0, 0.05) is 5.56 Å². The summed E-state index contributed by atoms with van der Waals surface area (Å²) in [4.78, 5) is 27.8. The lowest BCUT2D eigenvalue weighted by Crippen LogP contribution is -2.27. The third-order valence-corrected chi connectivity index (χ3v) is 2.69. The predicted molar refractivity (Wildman–Crippen MR) is 82.7 cm³/mol. The molecule has 0 radical (unpaired) electrons. The fourth-order valence-corrected chi connectivity index (χ4v) is 1.84. The van der Waals surface area contributed by atoms with Gasteiger partial charge in [-0.1, -0.05) is 12.1 Å². The highest BCUT2D eigenvalue weighted by molar-refractivity contribution is 5.92. The van der Waals surface area contributed by atoms with Gasteiger partial charge in [0.05, 0.1) is 5.56 Å². The Bertz CT molecular complexity index is 716. The van der Waals surface area contributed by atoms with Crippen LogP contribution in [0.2, 0.25) is 0 Å². The smallest absolute Gasteiger partial charge is 0.344 e. The Hall–Kier alpha value is -2.70. The number of hydrogen-bond donors (Lipinski definition) is 1. The number of aryl methyl sites for hydroxylation is 1. The summed E-state index contributed by atoms with van der Waals surface area (Å²) in [6.45, 7) is 6.59. The molecular weight excluding hydrogens is 298 g/mol. The number of esters is 2. The van der Waals surface area contributed by atoms with Crippen LogP contribution < -0.4 is 0 Å². The van der Waals surface area contributed by atoms with Crippen molar-refractivity contribution >= 4 is 11.9 Å². The third-order valence-electron chi connectivity index (χ3n) is 2.69. The fraction of sp³-hybridized carbons (Fsp3) is 0.375. The minimum absolute atomic E-state index is 0.313. The second-order valence-corrected chi connectivity index (χ2v) is 5.99. The van der Waals surface area contributed by atoms with Crippen molar-refractivity contribution in [1.82, 2.24) is 15.2 Å². The maximum absolute atomic E-state index is 12.0. The van der Waals surface area contributed by atoms with Crippen LogP contribution in [0, 0.1) is 6.92 Å². The molecule has 1 aromatic carbocycles. The molecule has 0 aliphatic carbocycles. The van der Waals surface area contributed by atoms with Crippen LogP contribution in [0.3, 0.4) is 0 Å². The zero-order valence-corrected chi connectivity index (χ0v) is 13.5. The Kier molecular flexibility index (Phi) is 4.78. The maximum Gasteiger partial charge on any atom is 0.344 e. The zero-order valence-electron chi connectivity index (χ0n) is 13.5. The molecule has 0 fully saturated rings. The van der Waals surface area contributed by atoms with Crippen LogP contribution in [-0.4, -0.2) is 39.3 Å². The lowest BCUT2D eigenvalue weighted by Gasteiger charge is -2.19. The Morgan fingerprint density at radius 1 is 1.26 bits per heavy atom. The summed E-state index contributed by atoms with van der Waals surface area (Å²) in [5.41, 5.74) is 0.377. The normalized spacial score (nSPS) is 11.1. The van der Waals surface area contributed by atoms with Crippen LogP contribution in [0.15, 0.2) is 24.3 Å². The van der Waals surface area contributed by atoms with Crippen LogP contribution in [0.1, 0.15) is 37.0 Å². The second kappa shape index (κ2) is 6.60. The van der Waals surface area contributed by atoms with Gasteiger partial charge in [-0.05, 0) is 39.8 Å². The van der Waals surface area contributed by atoms with E-state index < -0.39 is 24.1 Å². The SMILES string of the molecule is Cc1nc(-c2cccc(C(=O)OCC(=O)OC(C)(C)C)c2)n[nH]1. The molecule has 0 amide bonds. The van der Waals surface area contributed by atoms with Crippen molar-refractivity contribution in [2.75, 3.05) is 6.61 Å². The number of H-pyrrole nitrogens is 1. The molecule has 0 spiro atoms. The first-order valence-corrected chi connectivity index (χ1v) is 7.13. The third kappa shape index (κ3) is 4.91. The molecule has 0 saturated carbocycles. The molecular formula is C16H19N3O4. The largest absolute Gasteiger partial charge is 0.457 e. The average molecular weight is 317 g/mol. The molecule has 1 N–H and O–H groups in total. The van der Waals surface area contributed by atoms with E-state index in [1.54, 1.807) is 52.0 Å². The number of nitrogens with one attached hydrogen (secondary N) is 1. The van der Waals surface area contributed by atoms with Crippen molar-refractivity contribution in [3.63, 3.8) is 0 Å². The Balaban J connectivity index is 2.01. The van der Waals surface area contributed by atoms with E-state index in [9.17, 15) is 9.59 Å². The topological polar surface area (TPSA) is 94.2 Å². The van der Waals surface area contributed by atoms with Crippen molar-refractivity contribution < 1.29 is 19.1 Å². The number of hydrogen-bond acceptors (Lipinski definition) is 6. The number of benzene rings is 1. The van der Waals surface area contributed by atoms with E-state index in [1.165, 1.54) is 0 Å². The van der Waals surface area contributed by atoms with E-state index in [-0.39, 0.29) is 0 Å². The molecule has 0 atom stereocenters. The van der Waals surface area contributed by atoms with Gasteiger partial charge >= 0.3 is 11.9 Å². The van der Waals surface area contributed by atoms with Crippen molar-refractivity contribution in [3.8, 4) is 11.4 Å². The average Bonchev–Trinajstić information content (AvgIpc) is 2.90. The zero-order chi connectivity index (χ0) is 17.0. The molecule has 0 bridgehead atoms. The molecule has 122 valence electrons. The summed E-state index contributed by atoms with van der Waals surface area (Å²) in [5, 5.41) is 6.78. The molecule has 0 aliphatic heterocycles. The number of ether oxygens (including phenoxy) is 2. The molecule has 0 saturated heterocycles. The van der Waals surface area contributed by atoms with Gasteiger partial charge in [-0.25, -0.2) is 14.6 Å². The van der Waals surface area contributed by atoms with Crippen LogP contribution in [-0.2, 0) is 14.3 Å². The minimum atomic E-state index is -0.618. The predicted octanol–water partition coefficient (Wildman–Crippen LogP) is 2.28. The minimum Gasteiger partial charge on any atom is -0.457 e. The molecule has 7 heteroatoms. The van der Waals surface area contributed by atoms with Gasteiger partial charge in [-0.15, -0.1) is 0 Å². The number of carbonyl (C=O) groups excluding carboxylic acids is 2. The molecule has 23 heavy (non-hydrogen) atoms. The summed E-state index contributed by atoms with van der Waals surface area (Å²) < 4.78 is 10.0. The maximum atomic E-state index is 12.0. The highest BCUT2D eigenvalue weighted by atomic mass is 16.6. The number of carbonyl (C=O) groups is 2. The first-order chi connectivity index (χ1) is 10.7. The Labute approximate surface area is 134 Å². The van der Waals surface area contributed by atoms with Crippen LogP contribution >= 0.6 is 0 Å². The second-order valence-electron chi connectivity index (χ2n) is 5.99. The number of nitrogens with zero attached hydrogens (tertiary/aromatic N) is 2. The van der Waals surface area contributed by atoms with Crippen molar-refractivity contribution in [2.24, 2.45) is 0 Å². The van der Waals surface area contributed by atoms with Gasteiger partial charge in [0.1, 0.15) is 11.4 Å². The number of aromatic nitrogens is 3. The van der Waals surface area contributed by atoms with Crippen molar-refractivity contribution in [3.05, 3.63) is 35.7 Å². The van der Waals surface area contributed by atoms with Crippen molar-refractivity contribution in [2.45, 2.75) is 33.3 Å². The molecule has 1 aromatic heterocycles. The van der Waals surface area contributed by atoms with Crippen LogP contribution in [0.4, 0.5) is 0 Å². The van der Waals surface area contributed by atoms with Gasteiger partial charge in [0.15, 0.2) is 12.4 Å². The van der Waals surface area contributed by atoms with Gasteiger partial charge in [-0.2, -0.15) is 5.10 Å². The van der Waals surface area contributed by atoms with Gasteiger partial charge in [0.2, 0.25) is 0 Å². The quantitative estimate of drug-likeness (QED) is 0.869. The van der Waals surface area contributed by atoms with E-state index >= 15 is 0 Å². The fourth-order valence-electron chi connectivity index (χ4n) is 1.84.